The van der Waals surface area contributed by atoms with E-state index in [2.05, 4.69) is 15.1 Å². The first-order chi connectivity index (χ1) is 16.0. The molecule has 2 aromatic heterocycles. The number of fused-ring (bicyclic) bond motifs is 1. The molecule has 0 radical (unpaired) electrons. The normalized spacial score (nSPS) is 11.1. The van der Waals surface area contributed by atoms with E-state index in [4.69, 9.17) is 9.47 Å². The zero-order valence-corrected chi connectivity index (χ0v) is 17.8. The highest BCUT2D eigenvalue weighted by atomic mass is 16.6. The van der Waals surface area contributed by atoms with Crippen LogP contribution in [-0.4, -0.2) is 32.4 Å². The Kier molecular flexibility index (Phi) is 6.07. The summed E-state index contributed by atoms with van der Waals surface area (Å²) in [6.45, 7) is 3.93. The second kappa shape index (κ2) is 9.27. The second-order valence-corrected chi connectivity index (χ2v) is 6.89. The van der Waals surface area contributed by atoms with Gasteiger partial charge >= 0.3 is 0 Å². The SMILES string of the molecule is CCOc1cc(/C=N\n2c(C)nc3ccccc3c2=O)ccc1Oc1ccc([N+](=O)[O-])cn1. The van der Waals surface area contributed by atoms with Crippen LogP contribution in [0.5, 0.6) is 17.4 Å². The van der Waals surface area contributed by atoms with E-state index < -0.39 is 4.92 Å². The Morgan fingerprint density at radius 3 is 2.70 bits per heavy atom. The van der Waals surface area contributed by atoms with Crippen molar-refractivity contribution >= 4 is 22.8 Å². The number of hydrogen-bond acceptors (Lipinski definition) is 8. The van der Waals surface area contributed by atoms with Gasteiger partial charge in [-0.05, 0) is 49.7 Å². The van der Waals surface area contributed by atoms with Gasteiger partial charge in [0.2, 0.25) is 5.88 Å². The average Bonchev–Trinajstić information content (AvgIpc) is 2.81. The lowest BCUT2D eigenvalue weighted by atomic mass is 10.2. The zero-order chi connectivity index (χ0) is 23.4. The molecule has 0 bridgehead atoms. The van der Waals surface area contributed by atoms with Gasteiger partial charge in [0.05, 0.1) is 28.6 Å². The predicted octanol–water partition coefficient (Wildman–Crippen LogP) is 4.08. The van der Waals surface area contributed by atoms with E-state index in [0.29, 0.717) is 40.4 Å². The largest absolute Gasteiger partial charge is 0.490 e. The highest BCUT2D eigenvalue weighted by molar-refractivity contribution is 5.81. The summed E-state index contributed by atoms with van der Waals surface area (Å²) in [6.07, 6.45) is 2.65. The fraction of sp³-hybridized carbons (Fsp3) is 0.130. The van der Waals surface area contributed by atoms with Crippen LogP contribution in [0.2, 0.25) is 0 Å². The summed E-state index contributed by atoms with van der Waals surface area (Å²) in [4.78, 5) is 31.4. The number of ether oxygens (including phenoxy) is 2. The van der Waals surface area contributed by atoms with E-state index in [9.17, 15) is 14.9 Å². The fourth-order valence-electron chi connectivity index (χ4n) is 3.11. The Morgan fingerprint density at radius 1 is 1.15 bits per heavy atom. The Bertz CT molecular complexity index is 1410. The molecule has 2 aromatic carbocycles. The number of para-hydroxylation sites is 1. The van der Waals surface area contributed by atoms with Gasteiger partial charge in [-0.25, -0.2) is 9.97 Å². The molecule has 4 rings (SSSR count). The van der Waals surface area contributed by atoms with Gasteiger partial charge in [-0.2, -0.15) is 9.78 Å². The molecule has 0 saturated heterocycles. The lowest BCUT2D eigenvalue weighted by Gasteiger charge is -2.11. The standard InChI is InChI=1S/C23H19N5O5/c1-3-32-21-12-16(8-10-20(21)33-22-11-9-17(14-24-22)28(30)31)13-25-27-15(2)26-19-7-5-4-6-18(19)23(27)29/h4-14H,3H2,1-2H3/b25-13-. The van der Waals surface area contributed by atoms with E-state index in [-0.39, 0.29) is 17.1 Å². The molecule has 0 atom stereocenters. The average molecular weight is 445 g/mol. The number of hydrogen-bond donors (Lipinski definition) is 0. The first kappa shape index (κ1) is 21.6. The van der Waals surface area contributed by atoms with Crippen molar-refractivity contribution in [1.29, 1.82) is 0 Å². The van der Waals surface area contributed by atoms with Gasteiger partial charge in [0, 0.05) is 12.1 Å². The summed E-state index contributed by atoms with van der Waals surface area (Å²) in [7, 11) is 0. The van der Waals surface area contributed by atoms with Crippen LogP contribution in [0.4, 0.5) is 5.69 Å². The number of aryl methyl sites for hydroxylation is 1. The maximum absolute atomic E-state index is 12.8. The molecule has 33 heavy (non-hydrogen) atoms. The Balaban J connectivity index is 1.62. The molecule has 0 aliphatic rings. The quantitative estimate of drug-likeness (QED) is 0.239. The fourth-order valence-corrected chi connectivity index (χ4v) is 3.11. The van der Waals surface area contributed by atoms with Crippen molar-refractivity contribution < 1.29 is 14.4 Å². The van der Waals surface area contributed by atoms with Crippen molar-refractivity contribution in [2.75, 3.05) is 6.61 Å². The minimum atomic E-state index is -0.533. The van der Waals surface area contributed by atoms with Crippen LogP contribution in [0.25, 0.3) is 10.9 Å². The summed E-state index contributed by atoms with van der Waals surface area (Å²) >= 11 is 0. The van der Waals surface area contributed by atoms with Crippen LogP contribution >= 0.6 is 0 Å². The van der Waals surface area contributed by atoms with E-state index in [1.165, 1.54) is 23.0 Å². The molecule has 0 N–H and O–H groups in total. The highest BCUT2D eigenvalue weighted by Gasteiger charge is 2.11. The van der Waals surface area contributed by atoms with E-state index in [1.54, 1.807) is 43.3 Å². The summed E-state index contributed by atoms with van der Waals surface area (Å²) in [6, 6.07) is 14.9. The Labute approximate surface area is 187 Å². The van der Waals surface area contributed by atoms with Crippen LogP contribution in [0.3, 0.4) is 0 Å². The lowest BCUT2D eigenvalue weighted by Crippen LogP contribution is -2.20. The first-order valence-corrected chi connectivity index (χ1v) is 10.0. The predicted molar refractivity (Wildman–Crippen MR) is 122 cm³/mol. The molecule has 0 saturated carbocycles. The molecule has 0 aliphatic heterocycles. The van der Waals surface area contributed by atoms with Crippen LogP contribution in [-0.2, 0) is 0 Å². The van der Waals surface area contributed by atoms with Crippen molar-refractivity contribution in [2.45, 2.75) is 13.8 Å². The van der Waals surface area contributed by atoms with Gasteiger partial charge < -0.3 is 9.47 Å². The van der Waals surface area contributed by atoms with Gasteiger partial charge in [-0.1, -0.05) is 12.1 Å². The van der Waals surface area contributed by atoms with Gasteiger partial charge in [0.1, 0.15) is 12.0 Å². The molecule has 0 spiro atoms. The maximum atomic E-state index is 12.8. The van der Waals surface area contributed by atoms with Gasteiger partial charge in [-0.15, -0.1) is 0 Å². The molecule has 0 amide bonds. The van der Waals surface area contributed by atoms with E-state index in [0.717, 1.165) is 6.20 Å². The van der Waals surface area contributed by atoms with Crippen LogP contribution in [0, 0.1) is 17.0 Å². The van der Waals surface area contributed by atoms with Crippen molar-refractivity contribution in [2.24, 2.45) is 5.10 Å². The highest BCUT2D eigenvalue weighted by Crippen LogP contribution is 2.32. The molecule has 10 heteroatoms. The van der Waals surface area contributed by atoms with Gasteiger partial charge in [0.25, 0.3) is 11.2 Å². The first-order valence-electron chi connectivity index (χ1n) is 10.0. The minimum Gasteiger partial charge on any atom is -0.490 e. The number of nitro groups is 1. The number of aromatic nitrogens is 3. The Hall–Kier alpha value is -4.60. The second-order valence-electron chi connectivity index (χ2n) is 6.89. The third kappa shape index (κ3) is 4.69. The summed E-state index contributed by atoms with van der Waals surface area (Å²) in [5.74, 6) is 1.47. The van der Waals surface area contributed by atoms with Crippen LogP contribution in [0.15, 0.2) is 70.7 Å². The molecule has 4 aromatic rings. The smallest absolute Gasteiger partial charge is 0.287 e. The Morgan fingerprint density at radius 2 is 1.97 bits per heavy atom. The molecular formula is C23H19N5O5. The summed E-state index contributed by atoms with van der Waals surface area (Å²) in [5, 5.41) is 15.6. The third-order valence-corrected chi connectivity index (χ3v) is 4.65. The van der Waals surface area contributed by atoms with Crippen LogP contribution < -0.4 is 15.0 Å². The van der Waals surface area contributed by atoms with E-state index in [1.807, 2.05) is 13.0 Å². The van der Waals surface area contributed by atoms with Crippen LogP contribution in [0.1, 0.15) is 18.3 Å². The van der Waals surface area contributed by atoms with Crippen molar-refractivity contribution in [1.82, 2.24) is 14.6 Å². The monoisotopic (exact) mass is 445 g/mol. The molecule has 0 fully saturated rings. The molecule has 166 valence electrons. The molecular weight excluding hydrogens is 426 g/mol. The van der Waals surface area contributed by atoms with Crippen molar-refractivity contribution in [3.05, 3.63) is 92.7 Å². The lowest BCUT2D eigenvalue weighted by molar-refractivity contribution is -0.385. The van der Waals surface area contributed by atoms with Crippen molar-refractivity contribution in [3.63, 3.8) is 0 Å². The number of pyridine rings is 1. The molecule has 2 heterocycles. The number of benzene rings is 2. The van der Waals surface area contributed by atoms with E-state index >= 15 is 0 Å². The molecule has 10 nitrogen and oxygen atoms in total. The minimum absolute atomic E-state index is 0.132. The molecule has 0 aliphatic carbocycles. The third-order valence-electron chi connectivity index (χ3n) is 4.65. The maximum Gasteiger partial charge on any atom is 0.287 e. The van der Waals surface area contributed by atoms with Gasteiger partial charge in [-0.3, -0.25) is 14.9 Å². The summed E-state index contributed by atoms with van der Waals surface area (Å²) < 4.78 is 12.6. The molecule has 0 unspecified atom stereocenters. The zero-order valence-electron chi connectivity index (χ0n) is 17.8. The van der Waals surface area contributed by atoms with Gasteiger partial charge in [0.15, 0.2) is 11.5 Å². The topological polar surface area (TPSA) is 122 Å². The number of rotatable bonds is 7. The number of nitrogens with zero attached hydrogens (tertiary/aromatic N) is 5. The van der Waals surface area contributed by atoms with Crippen molar-refractivity contribution in [3.8, 4) is 17.4 Å². The summed E-state index contributed by atoms with van der Waals surface area (Å²) in [5.41, 5.74) is 0.893.